The van der Waals surface area contributed by atoms with Crippen molar-refractivity contribution in [2.45, 2.75) is 109 Å². The molecule has 11 heteroatoms. The van der Waals surface area contributed by atoms with Gasteiger partial charge in [-0.15, -0.1) is 0 Å². The number of carbonyl (C=O) groups is 1. The summed E-state index contributed by atoms with van der Waals surface area (Å²) in [5.41, 5.74) is -0.222. The smallest absolute Gasteiger partial charge is 0.267 e. The highest BCUT2D eigenvalue weighted by Gasteiger charge is 2.65. The van der Waals surface area contributed by atoms with E-state index in [1.54, 1.807) is 0 Å². The van der Waals surface area contributed by atoms with Crippen LogP contribution in [0.25, 0.3) is 0 Å². The Balaban J connectivity index is 1.27. The van der Waals surface area contributed by atoms with Gasteiger partial charge in [-0.3, -0.25) is 9.35 Å². The van der Waals surface area contributed by atoms with E-state index >= 15 is 0 Å². The molecule has 0 aromatic heterocycles. The number of amides is 1. The van der Waals surface area contributed by atoms with Crippen LogP contribution in [0.15, 0.2) is 0 Å². The third kappa shape index (κ3) is 7.60. The molecule has 0 aromatic carbocycles. The number of aliphatic hydroxyl groups is 4. The number of quaternary nitrogens is 1. The molecular formula is C32H59N2O8S+. The molecule has 4 saturated carbocycles. The zero-order valence-corrected chi connectivity index (χ0v) is 27.8. The van der Waals surface area contributed by atoms with Crippen molar-refractivity contribution in [3.63, 3.8) is 0 Å². The predicted octanol–water partition coefficient (Wildman–Crippen LogP) is 2.20. The Kier molecular flexibility index (Phi) is 10.7. The fraction of sp³-hybridized carbons (Fsp3) is 0.969. The van der Waals surface area contributed by atoms with Gasteiger partial charge < -0.3 is 30.2 Å². The molecular weight excluding hydrogens is 572 g/mol. The van der Waals surface area contributed by atoms with Crippen LogP contribution in [0, 0.1) is 46.3 Å². The van der Waals surface area contributed by atoms with Gasteiger partial charge in [-0.1, -0.05) is 20.8 Å². The molecule has 0 spiro atoms. The van der Waals surface area contributed by atoms with E-state index in [9.17, 15) is 33.6 Å². The van der Waals surface area contributed by atoms with Crippen molar-refractivity contribution in [3.8, 4) is 0 Å². The van der Waals surface area contributed by atoms with Crippen LogP contribution in [0.4, 0.5) is 0 Å². The average molecular weight is 632 g/mol. The molecule has 4 rings (SSSR count). The van der Waals surface area contributed by atoms with Gasteiger partial charge in [0.2, 0.25) is 5.91 Å². The molecule has 4 aliphatic carbocycles. The van der Waals surface area contributed by atoms with Crippen LogP contribution in [-0.2, 0) is 14.9 Å². The zero-order chi connectivity index (χ0) is 32.0. The molecule has 10 nitrogen and oxygen atoms in total. The zero-order valence-electron chi connectivity index (χ0n) is 27.0. The molecule has 0 saturated heterocycles. The Morgan fingerprint density at radius 1 is 1.05 bits per heavy atom. The maximum atomic E-state index is 12.7. The monoisotopic (exact) mass is 631 g/mol. The number of nitrogens with one attached hydrogen (secondary N) is 1. The lowest BCUT2D eigenvalue weighted by Gasteiger charge is -2.63. The average Bonchev–Trinajstić information content (AvgIpc) is 3.24. The summed E-state index contributed by atoms with van der Waals surface area (Å²) in [6.45, 7) is 8.10. The van der Waals surface area contributed by atoms with Gasteiger partial charge in [-0.05, 0) is 97.7 Å². The maximum Gasteiger partial charge on any atom is 0.267 e. The summed E-state index contributed by atoms with van der Waals surface area (Å²) in [7, 11) is -0.484. The highest BCUT2D eigenvalue weighted by atomic mass is 32.2. The standard InChI is InChI=1S/C32H58N2O8S/c1-20(7-10-29(39)33-13-6-14-34(4,5)18-23(36)19-43(40,41)42)24-8-9-25-30-26(17-28(38)32(24,25)3)31(2)12-11-22(35)15-21(31)16-27(30)37/h20-28,30,35-38H,6-19H2,1-5H3,(H-,33,39,40,41,42)/p+1/t20-,21+,22-,23-,24+,25+,26+,27-,28+,30+,31+,32-/m1/s1. The minimum absolute atomic E-state index is 0.00585. The van der Waals surface area contributed by atoms with Crippen LogP contribution in [0.2, 0.25) is 0 Å². The minimum Gasteiger partial charge on any atom is -0.393 e. The molecule has 0 radical (unpaired) electrons. The van der Waals surface area contributed by atoms with Gasteiger partial charge in [0, 0.05) is 19.4 Å². The lowest BCUT2D eigenvalue weighted by Crippen LogP contribution is -2.62. The fourth-order valence-corrected chi connectivity index (χ4v) is 11.1. The van der Waals surface area contributed by atoms with Crippen LogP contribution in [0.3, 0.4) is 0 Å². The molecule has 0 unspecified atom stereocenters. The van der Waals surface area contributed by atoms with Gasteiger partial charge in [-0.25, -0.2) is 0 Å². The summed E-state index contributed by atoms with van der Waals surface area (Å²) in [6, 6.07) is 0. The van der Waals surface area contributed by atoms with Crippen molar-refractivity contribution in [3.05, 3.63) is 0 Å². The summed E-state index contributed by atoms with van der Waals surface area (Å²) in [5, 5.41) is 46.5. The van der Waals surface area contributed by atoms with Crippen molar-refractivity contribution in [2.24, 2.45) is 46.3 Å². The molecule has 6 N–H and O–H groups in total. The summed E-state index contributed by atoms with van der Waals surface area (Å²) >= 11 is 0. The topological polar surface area (TPSA) is 164 Å². The molecule has 0 aromatic rings. The van der Waals surface area contributed by atoms with Crippen LogP contribution in [0.1, 0.15) is 85.0 Å². The molecule has 43 heavy (non-hydrogen) atoms. The molecule has 0 bridgehead atoms. The number of hydrogen-bond donors (Lipinski definition) is 6. The number of nitrogens with zero attached hydrogens (tertiary/aromatic N) is 1. The van der Waals surface area contributed by atoms with Crippen LogP contribution in [0.5, 0.6) is 0 Å². The highest BCUT2D eigenvalue weighted by molar-refractivity contribution is 7.85. The van der Waals surface area contributed by atoms with E-state index in [0.29, 0.717) is 48.7 Å². The Hall–Kier alpha value is -0.820. The quantitative estimate of drug-likeness (QED) is 0.108. The third-order valence-corrected chi connectivity index (χ3v) is 13.5. The Morgan fingerprint density at radius 3 is 2.42 bits per heavy atom. The SMILES string of the molecule is C[C@H](CCC(=O)NCCC[N+](C)(C)C[C@@H](O)CS(=O)(=O)O)[C@@H]1CC[C@H]2[C@@H]3[C@H](O)C[C@@H]4C[C@H](O)CC[C@]4(C)[C@H]3C[C@H](O)[C@@]21C. The van der Waals surface area contributed by atoms with Crippen molar-refractivity contribution >= 4 is 16.0 Å². The van der Waals surface area contributed by atoms with Crippen LogP contribution < -0.4 is 5.32 Å². The van der Waals surface area contributed by atoms with Crippen molar-refractivity contribution in [2.75, 3.05) is 39.5 Å². The molecule has 4 fully saturated rings. The second kappa shape index (κ2) is 13.1. The first-order valence-corrected chi connectivity index (χ1v) is 18.2. The molecule has 250 valence electrons. The normalized spacial score (nSPS) is 41.1. The first kappa shape index (κ1) is 35.0. The molecule has 1 amide bonds. The summed E-state index contributed by atoms with van der Waals surface area (Å²) in [5.74, 6) is 0.890. The van der Waals surface area contributed by atoms with E-state index in [2.05, 4.69) is 26.1 Å². The summed E-state index contributed by atoms with van der Waals surface area (Å²) in [6.07, 6.45) is 5.56. The van der Waals surface area contributed by atoms with E-state index in [1.807, 2.05) is 14.1 Å². The maximum absolute atomic E-state index is 12.7. The largest absolute Gasteiger partial charge is 0.393 e. The van der Waals surface area contributed by atoms with Gasteiger partial charge in [-0.2, -0.15) is 8.42 Å². The predicted molar refractivity (Wildman–Crippen MR) is 164 cm³/mol. The number of hydrogen-bond acceptors (Lipinski definition) is 7. The number of fused-ring (bicyclic) bond motifs is 5. The van der Waals surface area contributed by atoms with Gasteiger partial charge in [0.05, 0.1) is 39.0 Å². The lowest BCUT2D eigenvalue weighted by atomic mass is 9.43. The lowest BCUT2D eigenvalue weighted by molar-refractivity contribution is -0.893. The van der Waals surface area contributed by atoms with Gasteiger partial charge in [0.15, 0.2) is 0 Å². The van der Waals surface area contributed by atoms with Crippen LogP contribution in [-0.4, -0.2) is 108 Å². The Labute approximate surface area is 259 Å². The third-order valence-electron chi connectivity index (χ3n) is 12.7. The van der Waals surface area contributed by atoms with E-state index in [0.717, 1.165) is 44.9 Å². The summed E-state index contributed by atoms with van der Waals surface area (Å²) < 4.78 is 31.3. The number of likely N-dealkylation sites (N-methyl/N-ethyl adjacent to an activating group) is 1. The molecule has 0 heterocycles. The minimum atomic E-state index is -4.23. The molecule has 12 atom stereocenters. The van der Waals surface area contributed by atoms with E-state index in [-0.39, 0.29) is 59.2 Å². The van der Waals surface area contributed by atoms with E-state index in [4.69, 9.17) is 4.55 Å². The second-order valence-electron chi connectivity index (χ2n) is 16.0. The van der Waals surface area contributed by atoms with Gasteiger partial charge in [0.1, 0.15) is 18.4 Å². The molecule has 4 aliphatic rings. The van der Waals surface area contributed by atoms with Crippen molar-refractivity contribution in [1.82, 2.24) is 5.32 Å². The first-order chi connectivity index (χ1) is 19.9. The number of carbonyl (C=O) groups excluding carboxylic acids is 1. The second-order valence-corrected chi connectivity index (χ2v) is 17.5. The molecule has 0 aliphatic heterocycles. The van der Waals surface area contributed by atoms with Crippen molar-refractivity contribution in [1.29, 1.82) is 0 Å². The number of aliphatic hydroxyl groups excluding tert-OH is 4. The van der Waals surface area contributed by atoms with Gasteiger partial charge in [0.25, 0.3) is 10.1 Å². The summed E-state index contributed by atoms with van der Waals surface area (Å²) in [4.78, 5) is 12.7. The highest BCUT2D eigenvalue weighted by Crippen LogP contribution is 2.68. The van der Waals surface area contributed by atoms with Gasteiger partial charge >= 0.3 is 0 Å². The van der Waals surface area contributed by atoms with E-state index < -0.39 is 28.1 Å². The first-order valence-electron chi connectivity index (χ1n) is 16.6. The Bertz CT molecular complexity index is 1090. The fourth-order valence-electron chi connectivity index (χ4n) is 10.5. The Morgan fingerprint density at radius 2 is 1.74 bits per heavy atom. The van der Waals surface area contributed by atoms with Crippen LogP contribution >= 0.6 is 0 Å². The van der Waals surface area contributed by atoms with Crippen molar-refractivity contribution < 1.29 is 42.7 Å². The van der Waals surface area contributed by atoms with E-state index in [1.165, 1.54) is 0 Å². The number of rotatable bonds is 12.